The molecule has 0 saturated carbocycles. The van der Waals surface area contributed by atoms with Crippen molar-refractivity contribution in [1.29, 1.82) is 0 Å². The zero-order chi connectivity index (χ0) is 19.9. The summed E-state index contributed by atoms with van der Waals surface area (Å²) in [5.41, 5.74) is 1.47. The largest absolute Gasteiger partial charge is 0.338 e. The fourth-order valence-electron chi connectivity index (χ4n) is 2.45. The summed E-state index contributed by atoms with van der Waals surface area (Å²) in [4.78, 5) is 25.0. The van der Waals surface area contributed by atoms with Crippen molar-refractivity contribution in [1.82, 2.24) is 9.62 Å². The SMILES string of the molecule is CCN(Cc1ccccc1)C(=O)CNS(=O)(=O)c1ccc(NC(C)=O)cc1. The Bertz CT molecular complexity index is 881. The Hall–Kier alpha value is -2.71. The quantitative estimate of drug-likeness (QED) is 0.722. The van der Waals surface area contributed by atoms with Crippen LogP contribution in [-0.2, 0) is 26.2 Å². The number of nitrogens with one attached hydrogen (secondary N) is 2. The van der Waals surface area contributed by atoms with Crippen LogP contribution in [-0.4, -0.2) is 38.2 Å². The first-order valence-electron chi connectivity index (χ1n) is 8.51. The monoisotopic (exact) mass is 389 g/mol. The third-order valence-corrected chi connectivity index (χ3v) is 5.27. The molecule has 0 spiro atoms. The molecule has 0 aliphatic heterocycles. The molecule has 0 fully saturated rings. The third-order valence-electron chi connectivity index (χ3n) is 3.85. The summed E-state index contributed by atoms with van der Waals surface area (Å²) in [6.07, 6.45) is 0. The molecule has 0 bridgehead atoms. The number of rotatable bonds is 8. The second-order valence-corrected chi connectivity index (χ2v) is 7.69. The van der Waals surface area contributed by atoms with Crippen LogP contribution in [0.2, 0.25) is 0 Å². The van der Waals surface area contributed by atoms with Crippen LogP contribution >= 0.6 is 0 Å². The number of anilines is 1. The Morgan fingerprint density at radius 2 is 1.63 bits per heavy atom. The second kappa shape index (κ2) is 9.29. The van der Waals surface area contributed by atoms with Gasteiger partial charge in [-0.15, -0.1) is 0 Å². The van der Waals surface area contributed by atoms with Crippen molar-refractivity contribution in [3.05, 3.63) is 60.2 Å². The molecule has 0 saturated heterocycles. The molecular weight excluding hydrogens is 366 g/mol. The van der Waals surface area contributed by atoms with Crippen molar-refractivity contribution < 1.29 is 18.0 Å². The summed E-state index contributed by atoms with van der Waals surface area (Å²) in [7, 11) is -3.83. The third kappa shape index (κ3) is 6.19. The van der Waals surface area contributed by atoms with Crippen molar-refractivity contribution in [3.8, 4) is 0 Å². The fraction of sp³-hybridized carbons (Fsp3) is 0.263. The molecule has 8 heteroatoms. The van der Waals surface area contributed by atoms with Crippen molar-refractivity contribution >= 4 is 27.5 Å². The summed E-state index contributed by atoms with van der Waals surface area (Å²) in [6.45, 7) is 3.78. The Morgan fingerprint density at radius 3 is 2.19 bits per heavy atom. The highest BCUT2D eigenvalue weighted by molar-refractivity contribution is 7.89. The van der Waals surface area contributed by atoms with E-state index < -0.39 is 10.0 Å². The van der Waals surface area contributed by atoms with Gasteiger partial charge >= 0.3 is 0 Å². The van der Waals surface area contributed by atoms with E-state index in [9.17, 15) is 18.0 Å². The number of amides is 2. The summed E-state index contributed by atoms with van der Waals surface area (Å²) in [5.74, 6) is -0.549. The zero-order valence-corrected chi connectivity index (χ0v) is 16.1. The van der Waals surface area contributed by atoms with Gasteiger partial charge in [0.15, 0.2) is 0 Å². The first kappa shape index (κ1) is 20.6. The van der Waals surface area contributed by atoms with E-state index in [0.29, 0.717) is 18.8 Å². The van der Waals surface area contributed by atoms with Crippen LogP contribution in [0.15, 0.2) is 59.5 Å². The Balaban J connectivity index is 1.98. The molecule has 0 aliphatic rings. The first-order valence-corrected chi connectivity index (χ1v) is 9.99. The average Bonchev–Trinajstić information content (AvgIpc) is 2.65. The lowest BCUT2D eigenvalue weighted by molar-refractivity contribution is -0.130. The van der Waals surface area contributed by atoms with E-state index in [1.807, 2.05) is 37.3 Å². The summed E-state index contributed by atoms with van der Waals surface area (Å²) < 4.78 is 27.1. The zero-order valence-electron chi connectivity index (χ0n) is 15.3. The normalized spacial score (nSPS) is 11.0. The molecule has 27 heavy (non-hydrogen) atoms. The minimum Gasteiger partial charge on any atom is -0.338 e. The van der Waals surface area contributed by atoms with Crippen LogP contribution < -0.4 is 10.0 Å². The average molecular weight is 389 g/mol. The first-order chi connectivity index (χ1) is 12.8. The van der Waals surface area contributed by atoms with Crippen molar-refractivity contribution in [3.63, 3.8) is 0 Å². The molecule has 0 aromatic heterocycles. The van der Waals surface area contributed by atoms with E-state index in [4.69, 9.17) is 0 Å². The number of nitrogens with zero attached hydrogens (tertiary/aromatic N) is 1. The molecule has 2 amide bonds. The molecule has 0 aliphatic carbocycles. The Labute approximate surface area is 159 Å². The van der Waals surface area contributed by atoms with E-state index in [2.05, 4.69) is 10.0 Å². The van der Waals surface area contributed by atoms with Gasteiger partial charge in [0.1, 0.15) is 0 Å². The predicted octanol–water partition coefficient (Wildman–Crippen LogP) is 1.97. The highest BCUT2D eigenvalue weighted by Gasteiger charge is 2.18. The smallest absolute Gasteiger partial charge is 0.241 e. The molecule has 7 nitrogen and oxygen atoms in total. The number of carbonyl (C=O) groups excluding carboxylic acids is 2. The Morgan fingerprint density at radius 1 is 1.00 bits per heavy atom. The van der Waals surface area contributed by atoms with Gasteiger partial charge in [-0.05, 0) is 36.8 Å². The predicted molar refractivity (Wildman–Crippen MR) is 103 cm³/mol. The summed E-state index contributed by atoms with van der Waals surface area (Å²) >= 11 is 0. The van der Waals surface area contributed by atoms with Crippen LogP contribution in [0.25, 0.3) is 0 Å². The van der Waals surface area contributed by atoms with Crippen LogP contribution in [0.3, 0.4) is 0 Å². The topological polar surface area (TPSA) is 95.6 Å². The van der Waals surface area contributed by atoms with Gasteiger partial charge in [0.25, 0.3) is 0 Å². The van der Waals surface area contributed by atoms with Gasteiger partial charge in [0, 0.05) is 25.7 Å². The molecule has 0 unspecified atom stereocenters. The van der Waals surface area contributed by atoms with Gasteiger partial charge < -0.3 is 10.2 Å². The van der Waals surface area contributed by atoms with Gasteiger partial charge in [0.05, 0.1) is 11.4 Å². The summed E-state index contributed by atoms with van der Waals surface area (Å²) in [5, 5.41) is 2.56. The number of benzene rings is 2. The number of likely N-dealkylation sites (N-methyl/N-ethyl adjacent to an activating group) is 1. The molecule has 2 rings (SSSR count). The lowest BCUT2D eigenvalue weighted by Gasteiger charge is -2.21. The Kier molecular flexibility index (Phi) is 7.09. The van der Waals surface area contributed by atoms with Gasteiger partial charge in [-0.25, -0.2) is 13.1 Å². The standard InChI is InChI=1S/C19H23N3O4S/c1-3-22(14-16-7-5-4-6-8-16)19(24)13-20-27(25,26)18-11-9-17(10-12-18)21-15(2)23/h4-12,20H,3,13-14H2,1-2H3,(H,21,23). The van der Waals surface area contributed by atoms with Crippen molar-refractivity contribution in [2.24, 2.45) is 0 Å². The molecular formula is C19H23N3O4S. The maximum atomic E-state index is 12.4. The van der Waals surface area contributed by atoms with E-state index in [-0.39, 0.29) is 23.3 Å². The van der Waals surface area contributed by atoms with Crippen LogP contribution in [0.1, 0.15) is 19.4 Å². The molecule has 2 aromatic carbocycles. The minimum absolute atomic E-state index is 0.0236. The number of carbonyl (C=O) groups is 2. The molecule has 0 radical (unpaired) electrons. The maximum Gasteiger partial charge on any atom is 0.241 e. The van der Waals surface area contributed by atoms with Gasteiger partial charge in [-0.3, -0.25) is 9.59 Å². The molecule has 144 valence electrons. The van der Waals surface area contributed by atoms with Crippen LogP contribution in [0, 0.1) is 0 Å². The van der Waals surface area contributed by atoms with Gasteiger partial charge in [-0.1, -0.05) is 30.3 Å². The number of hydrogen-bond donors (Lipinski definition) is 2. The highest BCUT2D eigenvalue weighted by Crippen LogP contribution is 2.14. The van der Waals surface area contributed by atoms with Crippen LogP contribution in [0.5, 0.6) is 0 Å². The fourth-order valence-corrected chi connectivity index (χ4v) is 3.43. The lowest BCUT2D eigenvalue weighted by Crippen LogP contribution is -2.39. The van der Waals surface area contributed by atoms with Crippen molar-refractivity contribution in [2.45, 2.75) is 25.3 Å². The second-order valence-electron chi connectivity index (χ2n) is 5.92. The molecule has 2 aromatic rings. The highest BCUT2D eigenvalue weighted by atomic mass is 32.2. The van der Waals surface area contributed by atoms with Crippen molar-refractivity contribution in [2.75, 3.05) is 18.4 Å². The molecule has 0 atom stereocenters. The van der Waals surface area contributed by atoms with Crippen LogP contribution in [0.4, 0.5) is 5.69 Å². The maximum absolute atomic E-state index is 12.4. The van der Waals surface area contributed by atoms with E-state index in [0.717, 1.165) is 5.56 Å². The summed E-state index contributed by atoms with van der Waals surface area (Å²) in [6, 6.07) is 15.2. The number of sulfonamides is 1. The number of hydrogen-bond acceptors (Lipinski definition) is 4. The molecule has 0 heterocycles. The van der Waals surface area contributed by atoms with Gasteiger partial charge in [-0.2, -0.15) is 0 Å². The minimum atomic E-state index is -3.83. The van der Waals surface area contributed by atoms with E-state index in [1.54, 1.807) is 4.90 Å². The lowest BCUT2D eigenvalue weighted by atomic mass is 10.2. The molecule has 2 N–H and O–H groups in total. The van der Waals surface area contributed by atoms with Gasteiger partial charge in [0.2, 0.25) is 21.8 Å². The van der Waals surface area contributed by atoms with E-state index >= 15 is 0 Å². The van der Waals surface area contributed by atoms with E-state index in [1.165, 1.54) is 31.2 Å².